The molecule has 1 aromatic carbocycles. The van der Waals surface area contributed by atoms with Crippen LogP contribution in [0.5, 0.6) is 5.75 Å². The van der Waals surface area contributed by atoms with Gasteiger partial charge in [0.15, 0.2) is 0 Å². The van der Waals surface area contributed by atoms with Gasteiger partial charge in [-0.3, -0.25) is 4.79 Å². The molecule has 1 fully saturated rings. The Hall–Kier alpha value is -1.35. The Balaban J connectivity index is 2.15. The van der Waals surface area contributed by atoms with Gasteiger partial charge in [0.25, 0.3) is 0 Å². The fourth-order valence-electron chi connectivity index (χ4n) is 2.91. The van der Waals surface area contributed by atoms with Crippen LogP contribution in [0.25, 0.3) is 0 Å². The number of nitrogens with one attached hydrogen (secondary N) is 1. The molecule has 0 bridgehead atoms. The number of carbonyl (C=O) groups excluding carboxylic acids is 1. The van der Waals surface area contributed by atoms with Crippen LogP contribution in [0.2, 0.25) is 0 Å². The lowest BCUT2D eigenvalue weighted by Crippen LogP contribution is -2.39. The maximum atomic E-state index is 12.7. The van der Waals surface area contributed by atoms with Crippen molar-refractivity contribution in [1.82, 2.24) is 5.32 Å². The number of carbonyl (C=O) groups is 1. The molecule has 19 heavy (non-hydrogen) atoms. The molecule has 1 unspecified atom stereocenters. The van der Waals surface area contributed by atoms with E-state index in [1.54, 1.807) is 7.11 Å². The minimum absolute atomic E-state index is 0.191. The molecule has 0 amide bonds. The van der Waals surface area contributed by atoms with Crippen LogP contribution in [-0.2, 0) is 11.2 Å². The summed E-state index contributed by atoms with van der Waals surface area (Å²) in [7, 11) is 1.65. The van der Waals surface area contributed by atoms with Crippen LogP contribution in [-0.4, -0.2) is 26.0 Å². The maximum Gasteiger partial charge on any atom is 0.144 e. The van der Waals surface area contributed by atoms with E-state index in [2.05, 4.69) is 19.2 Å². The average Bonchev–Trinajstić information content (AvgIpc) is 2.89. The highest BCUT2D eigenvalue weighted by Crippen LogP contribution is 2.36. The molecule has 104 valence electrons. The lowest BCUT2D eigenvalue weighted by molar-refractivity contribution is -0.129. The molecule has 0 radical (unpaired) electrons. The van der Waals surface area contributed by atoms with Crippen LogP contribution in [0.1, 0.15) is 25.8 Å². The summed E-state index contributed by atoms with van der Waals surface area (Å²) < 4.78 is 5.21. The largest absolute Gasteiger partial charge is 0.497 e. The predicted octanol–water partition coefficient (Wildman–Crippen LogP) is 2.44. The van der Waals surface area contributed by atoms with Crippen molar-refractivity contribution >= 4 is 5.78 Å². The minimum Gasteiger partial charge on any atom is -0.497 e. The number of ether oxygens (including phenoxy) is 1. The summed E-state index contributed by atoms with van der Waals surface area (Å²) in [5, 5.41) is 3.34. The Bertz CT molecular complexity index is 448. The maximum absolute atomic E-state index is 12.7. The van der Waals surface area contributed by atoms with Gasteiger partial charge in [-0.15, -0.1) is 0 Å². The van der Waals surface area contributed by atoms with Crippen LogP contribution >= 0.6 is 0 Å². The van der Waals surface area contributed by atoms with Gasteiger partial charge >= 0.3 is 0 Å². The molecule has 1 aromatic rings. The van der Waals surface area contributed by atoms with Crippen LogP contribution in [0.15, 0.2) is 24.3 Å². The lowest BCUT2D eigenvalue weighted by Gasteiger charge is -2.31. The normalized spacial score (nSPS) is 22.7. The Kier molecular flexibility index (Phi) is 4.25. The zero-order valence-electron chi connectivity index (χ0n) is 12.0. The summed E-state index contributed by atoms with van der Waals surface area (Å²) in [5.74, 6) is 1.54. The van der Waals surface area contributed by atoms with Gasteiger partial charge in [0, 0.05) is 18.4 Å². The molecule has 3 nitrogen and oxygen atoms in total. The zero-order chi connectivity index (χ0) is 13.9. The van der Waals surface area contributed by atoms with Crippen LogP contribution < -0.4 is 10.1 Å². The summed E-state index contributed by atoms with van der Waals surface area (Å²) >= 11 is 0. The van der Waals surface area contributed by atoms with Gasteiger partial charge in [-0.1, -0.05) is 26.0 Å². The highest BCUT2D eigenvalue weighted by molar-refractivity contribution is 5.87. The topological polar surface area (TPSA) is 38.3 Å². The molecule has 1 aliphatic rings. The van der Waals surface area contributed by atoms with Gasteiger partial charge < -0.3 is 10.1 Å². The molecule has 1 aliphatic heterocycles. The third kappa shape index (κ3) is 2.81. The van der Waals surface area contributed by atoms with E-state index in [0.717, 1.165) is 30.8 Å². The van der Waals surface area contributed by atoms with Crippen molar-refractivity contribution in [2.75, 3.05) is 20.2 Å². The number of benzene rings is 1. The van der Waals surface area contributed by atoms with E-state index in [4.69, 9.17) is 4.74 Å². The molecule has 1 atom stereocenters. The predicted molar refractivity (Wildman–Crippen MR) is 76.5 cm³/mol. The number of rotatable bonds is 5. The molecule has 0 aromatic heterocycles. The number of Topliss-reactive ketones (excluding diaryl/α,β-unsaturated/α-hetero) is 1. The highest BCUT2D eigenvalue weighted by Gasteiger charge is 2.43. The highest BCUT2D eigenvalue weighted by atomic mass is 16.5. The fourth-order valence-corrected chi connectivity index (χ4v) is 2.91. The summed E-state index contributed by atoms with van der Waals surface area (Å²) in [5.41, 5.74) is 0.847. The summed E-state index contributed by atoms with van der Waals surface area (Å²) in [6.07, 6.45) is 1.45. The second-order valence-corrected chi connectivity index (χ2v) is 5.69. The number of hydrogen-bond donors (Lipinski definition) is 1. The molecule has 1 N–H and O–H groups in total. The smallest absolute Gasteiger partial charge is 0.144 e. The average molecular weight is 261 g/mol. The van der Waals surface area contributed by atoms with E-state index in [1.165, 1.54) is 0 Å². The van der Waals surface area contributed by atoms with E-state index in [9.17, 15) is 4.79 Å². The van der Waals surface area contributed by atoms with Crippen molar-refractivity contribution in [2.45, 2.75) is 26.7 Å². The third-order valence-corrected chi connectivity index (χ3v) is 4.35. The van der Waals surface area contributed by atoms with Crippen LogP contribution in [0.4, 0.5) is 0 Å². The quantitative estimate of drug-likeness (QED) is 0.884. The van der Waals surface area contributed by atoms with Crippen LogP contribution in [0.3, 0.4) is 0 Å². The van der Waals surface area contributed by atoms with E-state index >= 15 is 0 Å². The number of methoxy groups -OCH3 is 1. The Labute approximate surface area is 115 Å². The van der Waals surface area contributed by atoms with Crippen molar-refractivity contribution in [2.24, 2.45) is 11.3 Å². The van der Waals surface area contributed by atoms with E-state index in [-0.39, 0.29) is 5.41 Å². The molecule has 0 saturated carbocycles. The molecule has 0 aliphatic carbocycles. The Morgan fingerprint density at radius 2 is 2.26 bits per heavy atom. The lowest BCUT2D eigenvalue weighted by atomic mass is 9.71. The van der Waals surface area contributed by atoms with Gasteiger partial charge in [0.1, 0.15) is 11.5 Å². The molecule has 1 saturated heterocycles. The van der Waals surface area contributed by atoms with E-state index < -0.39 is 0 Å². The Morgan fingerprint density at radius 1 is 1.47 bits per heavy atom. The van der Waals surface area contributed by atoms with Gasteiger partial charge in [0.2, 0.25) is 0 Å². The number of hydrogen-bond acceptors (Lipinski definition) is 3. The van der Waals surface area contributed by atoms with Crippen molar-refractivity contribution in [3.63, 3.8) is 0 Å². The first kappa shape index (κ1) is 14.1. The van der Waals surface area contributed by atoms with Crippen molar-refractivity contribution in [3.05, 3.63) is 29.8 Å². The minimum atomic E-state index is -0.191. The summed E-state index contributed by atoms with van der Waals surface area (Å²) in [4.78, 5) is 12.7. The first-order valence-electron chi connectivity index (χ1n) is 6.95. The zero-order valence-corrected chi connectivity index (χ0v) is 12.0. The third-order valence-electron chi connectivity index (χ3n) is 4.35. The second kappa shape index (κ2) is 5.74. The molecule has 0 spiro atoms. The van der Waals surface area contributed by atoms with Crippen molar-refractivity contribution in [1.29, 1.82) is 0 Å². The standard InChI is InChI=1S/C16H23NO2/c1-12(2)16(7-8-17-11-16)15(18)10-13-5-4-6-14(9-13)19-3/h4-6,9,12,17H,7-8,10-11H2,1-3H3. The van der Waals surface area contributed by atoms with E-state index in [1.807, 2.05) is 24.3 Å². The van der Waals surface area contributed by atoms with Crippen LogP contribution in [0, 0.1) is 11.3 Å². The monoisotopic (exact) mass is 261 g/mol. The van der Waals surface area contributed by atoms with Crippen molar-refractivity contribution < 1.29 is 9.53 Å². The van der Waals surface area contributed by atoms with Gasteiger partial charge in [0.05, 0.1) is 7.11 Å². The molecule has 1 heterocycles. The summed E-state index contributed by atoms with van der Waals surface area (Å²) in [6, 6.07) is 7.80. The molecular weight excluding hydrogens is 238 g/mol. The molecule has 3 heteroatoms. The fraction of sp³-hybridized carbons (Fsp3) is 0.562. The Morgan fingerprint density at radius 3 is 2.84 bits per heavy atom. The summed E-state index contributed by atoms with van der Waals surface area (Å²) in [6.45, 7) is 6.06. The molecule has 2 rings (SSSR count). The van der Waals surface area contributed by atoms with E-state index in [0.29, 0.717) is 18.1 Å². The number of ketones is 1. The SMILES string of the molecule is COc1cccc(CC(=O)C2(C(C)C)CCNC2)c1. The van der Waals surface area contributed by atoms with Gasteiger partial charge in [-0.2, -0.15) is 0 Å². The van der Waals surface area contributed by atoms with Crippen molar-refractivity contribution in [3.8, 4) is 5.75 Å². The second-order valence-electron chi connectivity index (χ2n) is 5.69. The first-order chi connectivity index (χ1) is 9.08. The first-order valence-corrected chi connectivity index (χ1v) is 6.95. The van der Waals surface area contributed by atoms with Gasteiger partial charge in [-0.25, -0.2) is 0 Å². The molecular formula is C16H23NO2. The van der Waals surface area contributed by atoms with Gasteiger partial charge in [-0.05, 0) is 36.6 Å².